The lowest BCUT2D eigenvalue weighted by Gasteiger charge is -2.15. The molecule has 132 valence electrons. The Morgan fingerprint density at radius 2 is 1.73 bits per heavy atom. The summed E-state index contributed by atoms with van der Waals surface area (Å²) in [5, 5.41) is 0.911. The van der Waals surface area contributed by atoms with E-state index in [1.54, 1.807) is 18.2 Å². The van der Waals surface area contributed by atoms with Gasteiger partial charge in [-0.2, -0.15) is 0 Å². The number of hydrogen-bond acceptors (Lipinski definition) is 4. The molecule has 7 heteroatoms. The Morgan fingerprint density at radius 3 is 2.50 bits per heavy atom. The minimum atomic E-state index is -0.884. The molecule has 1 atom stereocenters. The van der Waals surface area contributed by atoms with E-state index in [-0.39, 0.29) is 5.69 Å². The minimum Gasteiger partial charge on any atom is -0.481 e. The van der Waals surface area contributed by atoms with E-state index in [2.05, 4.69) is 15.8 Å². The molecule has 0 radical (unpaired) electrons. The number of fused-ring (bicyclic) bond motifs is 1. The van der Waals surface area contributed by atoms with Crippen LogP contribution in [0.1, 0.15) is 17.4 Å². The van der Waals surface area contributed by atoms with Gasteiger partial charge >= 0.3 is 0 Å². The molecule has 0 fully saturated rings. The van der Waals surface area contributed by atoms with E-state index in [1.165, 1.54) is 31.2 Å². The van der Waals surface area contributed by atoms with Crippen molar-refractivity contribution in [1.82, 2.24) is 15.8 Å². The Morgan fingerprint density at radius 1 is 1.00 bits per heavy atom. The van der Waals surface area contributed by atoms with Crippen LogP contribution in [0, 0.1) is 5.82 Å². The highest BCUT2D eigenvalue weighted by Crippen LogP contribution is 2.13. The van der Waals surface area contributed by atoms with Crippen molar-refractivity contribution < 1.29 is 18.7 Å². The normalized spacial score (nSPS) is 11.6. The number of benzene rings is 2. The predicted molar refractivity (Wildman–Crippen MR) is 93.8 cm³/mol. The van der Waals surface area contributed by atoms with Crippen LogP contribution in [0.15, 0.2) is 60.7 Å². The SMILES string of the molecule is C[C@H](Oc1ccc(F)cc1)C(=O)NNC(=O)c1ccc2ccccc2n1. The van der Waals surface area contributed by atoms with Gasteiger partial charge in [0.15, 0.2) is 6.10 Å². The van der Waals surface area contributed by atoms with Crippen molar-refractivity contribution in [3.8, 4) is 5.75 Å². The molecule has 2 N–H and O–H groups in total. The number of halogens is 1. The Kier molecular flexibility index (Phi) is 5.07. The molecule has 2 amide bonds. The standard InChI is InChI=1S/C19H16FN3O3/c1-12(26-15-9-7-14(20)8-10-15)18(24)22-23-19(25)17-11-6-13-4-2-3-5-16(13)21-17/h2-12H,1H3,(H,22,24)(H,23,25)/t12-/m0/s1. The van der Waals surface area contributed by atoms with Gasteiger partial charge in [-0.05, 0) is 43.3 Å². The first-order valence-electron chi connectivity index (χ1n) is 7.91. The van der Waals surface area contributed by atoms with Crippen LogP contribution < -0.4 is 15.6 Å². The number of nitrogens with zero attached hydrogens (tertiary/aromatic N) is 1. The first kappa shape index (κ1) is 17.3. The van der Waals surface area contributed by atoms with Crippen molar-refractivity contribution in [2.24, 2.45) is 0 Å². The summed E-state index contributed by atoms with van der Waals surface area (Å²) in [7, 11) is 0. The number of hydrogen-bond donors (Lipinski definition) is 2. The third-order valence-electron chi connectivity index (χ3n) is 3.63. The van der Waals surface area contributed by atoms with Crippen molar-refractivity contribution in [3.05, 3.63) is 72.2 Å². The summed E-state index contributed by atoms with van der Waals surface area (Å²) in [5.74, 6) is -1.15. The van der Waals surface area contributed by atoms with Gasteiger partial charge in [-0.15, -0.1) is 0 Å². The zero-order valence-corrected chi connectivity index (χ0v) is 13.9. The first-order chi connectivity index (χ1) is 12.5. The van der Waals surface area contributed by atoms with Gasteiger partial charge in [-0.3, -0.25) is 20.4 Å². The van der Waals surface area contributed by atoms with Crippen LogP contribution in [0.5, 0.6) is 5.75 Å². The summed E-state index contributed by atoms with van der Waals surface area (Å²) in [4.78, 5) is 28.4. The number of rotatable bonds is 4. The average Bonchev–Trinajstić information content (AvgIpc) is 2.67. The van der Waals surface area contributed by atoms with Gasteiger partial charge < -0.3 is 4.74 Å². The lowest BCUT2D eigenvalue weighted by Crippen LogP contribution is -2.47. The molecule has 0 bridgehead atoms. The maximum absolute atomic E-state index is 12.9. The number of aromatic nitrogens is 1. The van der Waals surface area contributed by atoms with Crippen LogP contribution in [0.2, 0.25) is 0 Å². The van der Waals surface area contributed by atoms with Crippen molar-refractivity contribution in [2.45, 2.75) is 13.0 Å². The fourth-order valence-corrected chi connectivity index (χ4v) is 2.25. The summed E-state index contributed by atoms with van der Waals surface area (Å²) < 4.78 is 18.2. The summed E-state index contributed by atoms with van der Waals surface area (Å²) in [6, 6.07) is 16.0. The molecule has 1 aromatic heterocycles. The van der Waals surface area contributed by atoms with E-state index < -0.39 is 23.7 Å². The van der Waals surface area contributed by atoms with Gasteiger partial charge in [0.05, 0.1) is 5.52 Å². The molecule has 0 unspecified atom stereocenters. The number of amides is 2. The van der Waals surface area contributed by atoms with Gasteiger partial charge in [-0.25, -0.2) is 9.37 Å². The van der Waals surface area contributed by atoms with Crippen LogP contribution >= 0.6 is 0 Å². The lowest BCUT2D eigenvalue weighted by molar-refractivity contribution is -0.128. The maximum Gasteiger partial charge on any atom is 0.288 e. The third-order valence-corrected chi connectivity index (χ3v) is 3.63. The van der Waals surface area contributed by atoms with Gasteiger partial charge in [0.1, 0.15) is 17.3 Å². The second-order valence-electron chi connectivity index (χ2n) is 5.55. The number of pyridine rings is 1. The van der Waals surface area contributed by atoms with E-state index in [0.29, 0.717) is 11.3 Å². The zero-order valence-electron chi connectivity index (χ0n) is 13.9. The predicted octanol–water partition coefficient (Wildman–Crippen LogP) is 2.60. The molecule has 1 heterocycles. The molecular weight excluding hydrogens is 337 g/mol. The molecule has 0 spiro atoms. The summed E-state index contributed by atoms with van der Waals surface area (Å²) >= 11 is 0. The average molecular weight is 353 g/mol. The highest BCUT2D eigenvalue weighted by molar-refractivity contribution is 5.96. The smallest absolute Gasteiger partial charge is 0.288 e. The summed E-state index contributed by atoms with van der Waals surface area (Å²) in [5.41, 5.74) is 5.44. The summed E-state index contributed by atoms with van der Waals surface area (Å²) in [6.07, 6.45) is -0.884. The van der Waals surface area contributed by atoms with E-state index in [0.717, 1.165) is 5.39 Å². The van der Waals surface area contributed by atoms with Crippen molar-refractivity contribution in [3.63, 3.8) is 0 Å². The Labute approximate surface area is 149 Å². The highest BCUT2D eigenvalue weighted by Gasteiger charge is 2.16. The molecular formula is C19H16FN3O3. The number of para-hydroxylation sites is 1. The first-order valence-corrected chi connectivity index (χ1v) is 7.91. The quantitative estimate of drug-likeness (QED) is 0.707. The largest absolute Gasteiger partial charge is 0.481 e. The van der Waals surface area contributed by atoms with Gasteiger partial charge in [0.25, 0.3) is 11.8 Å². The van der Waals surface area contributed by atoms with Gasteiger partial charge in [-0.1, -0.05) is 24.3 Å². The van der Waals surface area contributed by atoms with Crippen molar-refractivity contribution in [1.29, 1.82) is 0 Å². The second-order valence-corrected chi connectivity index (χ2v) is 5.55. The molecule has 3 rings (SSSR count). The van der Waals surface area contributed by atoms with Gasteiger partial charge in [0.2, 0.25) is 0 Å². The Hall–Kier alpha value is -3.48. The molecule has 0 saturated heterocycles. The molecule has 26 heavy (non-hydrogen) atoms. The van der Waals surface area contributed by atoms with Gasteiger partial charge in [0, 0.05) is 5.39 Å². The third kappa shape index (κ3) is 4.13. The molecule has 6 nitrogen and oxygen atoms in total. The number of hydrazine groups is 1. The Bertz CT molecular complexity index is 944. The fourth-order valence-electron chi connectivity index (χ4n) is 2.25. The molecule has 2 aromatic carbocycles. The highest BCUT2D eigenvalue weighted by atomic mass is 19.1. The second kappa shape index (κ2) is 7.60. The van der Waals surface area contributed by atoms with E-state index in [1.807, 2.05) is 18.2 Å². The molecule has 0 aliphatic carbocycles. The van der Waals surface area contributed by atoms with Crippen LogP contribution in [0.25, 0.3) is 10.9 Å². The number of carbonyl (C=O) groups excluding carboxylic acids is 2. The molecule has 3 aromatic rings. The number of carbonyl (C=O) groups is 2. The number of ether oxygens (including phenoxy) is 1. The monoisotopic (exact) mass is 353 g/mol. The van der Waals surface area contributed by atoms with E-state index in [9.17, 15) is 14.0 Å². The van der Waals surface area contributed by atoms with Crippen LogP contribution in [0.3, 0.4) is 0 Å². The molecule has 0 saturated carbocycles. The van der Waals surface area contributed by atoms with Crippen LogP contribution in [-0.2, 0) is 4.79 Å². The van der Waals surface area contributed by atoms with Crippen molar-refractivity contribution in [2.75, 3.05) is 0 Å². The fraction of sp³-hybridized carbons (Fsp3) is 0.105. The lowest BCUT2D eigenvalue weighted by atomic mass is 10.2. The maximum atomic E-state index is 12.9. The van der Waals surface area contributed by atoms with Crippen molar-refractivity contribution >= 4 is 22.7 Å². The Balaban J connectivity index is 1.57. The topological polar surface area (TPSA) is 80.3 Å². The van der Waals surface area contributed by atoms with E-state index in [4.69, 9.17) is 4.74 Å². The van der Waals surface area contributed by atoms with Crippen LogP contribution in [-0.4, -0.2) is 22.9 Å². The van der Waals surface area contributed by atoms with Crippen LogP contribution in [0.4, 0.5) is 4.39 Å². The molecule has 0 aliphatic heterocycles. The zero-order chi connectivity index (χ0) is 18.5. The number of nitrogens with one attached hydrogen (secondary N) is 2. The van der Waals surface area contributed by atoms with E-state index >= 15 is 0 Å². The summed E-state index contributed by atoms with van der Waals surface area (Å²) in [6.45, 7) is 1.51. The molecule has 0 aliphatic rings. The minimum absolute atomic E-state index is 0.177.